The monoisotopic (exact) mass is 455 g/mol. The summed E-state index contributed by atoms with van der Waals surface area (Å²) in [4.78, 5) is 9.87. The van der Waals surface area contributed by atoms with Crippen molar-refractivity contribution in [2.24, 2.45) is 0 Å². The van der Waals surface area contributed by atoms with Gasteiger partial charge >= 0.3 is 44.8 Å². The quantitative estimate of drug-likeness (QED) is 0.416. The van der Waals surface area contributed by atoms with E-state index in [-0.39, 0.29) is 55.8 Å². The minimum atomic E-state index is -4.81. The Kier molecular flexibility index (Phi) is 5.91. The van der Waals surface area contributed by atoms with Crippen LogP contribution in [0, 0.1) is 0 Å². The molecule has 0 atom stereocenters. The van der Waals surface area contributed by atoms with Gasteiger partial charge in [-0.15, -0.1) is 5.10 Å². The number of aromatic amines is 1. The molecule has 0 aliphatic rings. The Hall–Kier alpha value is -0.519. The van der Waals surface area contributed by atoms with Crippen molar-refractivity contribution in [3.63, 3.8) is 0 Å². The van der Waals surface area contributed by atoms with Crippen molar-refractivity contribution in [1.29, 1.82) is 0 Å². The molecule has 0 aliphatic heterocycles. The van der Waals surface area contributed by atoms with E-state index in [4.69, 9.17) is 0 Å². The third kappa shape index (κ3) is 3.28. The molecular formula is C7H3Ag2N3O5S. The molecule has 11 heteroatoms. The van der Waals surface area contributed by atoms with Gasteiger partial charge in [0.15, 0.2) is 0 Å². The number of hydrogen-bond donors (Lipinski definition) is 1. The van der Waals surface area contributed by atoms with Crippen LogP contribution >= 0.6 is 0 Å². The van der Waals surface area contributed by atoms with Crippen LogP contribution in [-0.2, 0) is 54.9 Å². The van der Waals surface area contributed by atoms with Gasteiger partial charge in [0.05, 0.1) is 10.9 Å². The fraction of sp³-hybridized carbons (Fsp3) is 0. The Bertz CT molecular complexity index is 683. The van der Waals surface area contributed by atoms with Gasteiger partial charge in [0, 0.05) is 5.56 Å². The zero-order valence-electron chi connectivity index (χ0n) is 8.10. The number of fused-ring (bicyclic) bond motifs is 1. The van der Waals surface area contributed by atoms with E-state index in [1.807, 2.05) is 0 Å². The van der Waals surface area contributed by atoms with Crippen LogP contribution in [-0.4, -0.2) is 34.4 Å². The zero-order valence-corrected chi connectivity index (χ0v) is 11.9. The number of nitrogens with one attached hydrogen (secondary N) is 1. The Morgan fingerprint density at radius 3 is 2.39 bits per heavy atom. The molecule has 0 aliphatic carbocycles. The summed E-state index contributed by atoms with van der Waals surface area (Å²) in [5.74, 6) is -1.60. The summed E-state index contributed by atoms with van der Waals surface area (Å²) in [6.07, 6.45) is 0. The minimum absolute atomic E-state index is 0. The van der Waals surface area contributed by atoms with Crippen LogP contribution in [0.15, 0.2) is 17.0 Å². The number of carbonyl (C=O) groups is 1. The smallest absolute Gasteiger partial charge is 0.744 e. The number of benzene rings is 1. The molecule has 0 saturated heterocycles. The van der Waals surface area contributed by atoms with Crippen LogP contribution < -0.4 is 5.11 Å². The molecule has 1 heterocycles. The standard InChI is InChI=1S/C7H5N3O5S.2Ag/c11-7(12)3-1-4-6(9-10-8-4)5(2-3)16(13,14)15;;/h1-2H,(H,11,12)(H,8,9,10)(H,13,14,15);;/q;2*+1/p-2. The molecule has 18 heavy (non-hydrogen) atoms. The van der Waals surface area contributed by atoms with E-state index in [1.165, 1.54) is 0 Å². The maximum atomic E-state index is 10.9. The van der Waals surface area contributed by atoms with Crippen LogP contribution in [0.4, 0.5) is 0 Å². The number of aromatic carboxylic acids is 1. The van der Waals surface area contributed by atoms with Gasteiger partial charge < -0.3 is 14.5 Å². The molecule has 0 unspecified atom stereocenters. The van der Waals surface area contributed by atoms with E-state index in [0.29, 0.717) is 6.07 Å². The van der Waals surface area contributed by atoms with E-state index in [2.05, 4.69) is 15.4 Å². The SMILES string of the molecule is O=C([O-])c1cc(S(=O)(=O)[O-])c2[nH]nnc2c1.[Ag+].[Ag+]. The van der Waals surface area contributed by atoms with E-state index in [0.717, 1.165) is 6.07 Å². The fourth-order valence-electron chi connectivity index (χ4n) is 1.24. The van der Waals surface area contributed by atoms with Crippen molar-refractivity contribution in [2.45, 2.75) is 4.90 Å². The maximum Gasteiger partial charge on any atom is 1.00 e. The maximum absolute atomic E-state index is 10.9. The van der Waals surface area contributed by atoms with Crippen LogP contribution in [0.5, 0.6) is 0 Å². The Balaban J connectivity index is 0.00000144. The van der Waals surface area contributed by atoms with Crippen LogP contribution in [0.25, 0.3) is 11.0 Å². The van der Waals surface area contributed by atoms with Crippen LogP contribution in [0.2, 0.25) is 0 Å². The summed E-state index contributed by atoms with van der Waals surface area (Å²) in [5, 5.41) is 19.5. The summed E-state index contributed by atoms with van der Waals surface area (Å²) in [5.41, 5.74) is -0.605. The van der Waals surface area contributed by atoms with Gasteiger partial charge in [0.1, 0.15) is 21.2 Å². The van der Waals surface area contributed by atoms with Crippen molar-refractivity contribution in [3.05, 3.63) is 17.7 Å². The number of rotatable bonds is 2. The molecule has 0 amide bonds. The normalized spacial score (nSPS) is 10.5. The van der Waals surface area contributed by atoms with Crippen molar-refractivity contribution in [1.82, 2.24) is 15.4 Å². The second kappa shape index (κ2) is 6.08. The number of carboxylic acids is 1. The third-order valence-electron chi connectivity index (χ3n) is 1.91. The molecule has 0 radical (unpaired) electrons. The molecule has 104 valence electrons. The summed E-state index contributed by atoms with van der Waals surface area (Å²) < 4.78 is 32.6. The first-order valence-corrected chi connectivity index (χ1v) is 5.32. The predicted octanol–water partition coefficient (Wildman–Crippen LogP) is -1.78. The van der Waals surface area contributed by atoms with Gasteiger partial charge in [-0.3, -0.25) is 5.10 Å². The number of nitrogens with zero attached hydrogens (tertiary/aromatic N) is 2. The van der Waals surface area contributed by atoms with Crippen molar-refractivity contribution >= 4 is 27.1 Å². The van der Waals surface area contributed by atoms with E-state index in [1.54, 1.807) is 0 Å². The van der Waals surface area contributed by atoms with Crippen LogP contribution in [0.3, 0.4) is 0 Å². The fourth-order valence-corrected chi connectivity index (χ4v) is 1.91. The molecule has 1 aromatic heterocycles. The molecule has 0 saturated carbocycles. The topological polar surface area (TPSA) is 139 Å². The largest absolute Gasteiger partial charge is 1.00 e. The Morgan fingerprint density at radius 2 is 1.89 bits per heavy atom. The van der Waals surface area contributed by atoms with E-state index in [9.17, 15) is 22.9 Å². The first kappa shape index (κ1) is 17.5. The summed E-state index contributed by atoms with van der Waals surface area (Å²) in [6, 6.07) is 1.77. The number of carbonyl (C=O) groups excluding carboxylic acids is 1. The van der Waals surface area contributed by atoms with Gasteiger partial charge in [-0.2, -0.15) is 0 Å². The first-order valence-electron chi connectivity index (χ1n) is 3.91. The molecule has 8 nitrogen and oxygen atoms in total. The van der Waals surface area contributed by atoms with Gasteiger partial charge in [0.2, 0.25) is 0 Å². The average molecular weight is 457 g/mol. The Labute approximate surface area is 132 Å². The van der Waals surface area contributed by atoms with Gasteiger partial charge in [-0.1, -0.05) is 5.21 Å². The molecule has 1 aromatic carbocycles. The number of hydrogen-bond acceptors (Lipinski definition) is 7. The molecule has 1 N–H and O–H groups in total. The van der Waals surface area contributed by atoms with Crippen molar-refractivity contribution < 1.29 is 67.6 Å². The first-order chi connectivity index (χ1) is 7.39. The molecule has 0 spiro atoms. The summed E-state index contributed by atoms with van der Waals surface area (Å²) >= 11 is 0. The Morgan fingerprint density at radius 1 is 1.28 bits per heavy atom. The number of H-pyrrole nitrogens is 1. The van der Waals surface area contributed by atoms with Crippen molar-refractivity contribution in [3.8, 4) is 0 Å². The molecule has 0 bridgehead atoms. The van der Waals surface area contributed by atoms with Crippen molar-refractivity contribution in [2.75, 3.05) is 0 Å². The third-order valence-corrected chi connectivity index (χ3v) is 2.77. The molecular weight excluding hydrogens is 454 g/mol. The van der Waals surface area contributed by atoms with Gasteiger partial charge in [0.25, 0.3) is 0 Å². The van der Waals surface area contributed by atoms with E-state index < -0.39 is 26.5 Å². The predicted molar refractivity (Wildman–Crippen MR) is 46.2 cm³/mol. The molecule has 2 aromatic rings. The number of aromatic nitrogens is 3. The number of carboxylic acid groups (broad SMARTS) is 1. The summed E-state index contributed by atoms with van der Waals surface area (Å²) in [6.45, 7) is 0. The van der Waals surface area contributed by atoms with E-state index >= 15 is 0 Å². The van der Waals surface area contributed by atoms with Gasteiger partial charge in [-0.05, 0) is 12.1 Å². The zero-order chi connectivity index (χ0) is 11.9. The summed E-state index contributed by atoms with van der Waals surface area (Å²) in [7, 11) is -4.81. The molecule has 0 fully saturated rings. The molecule has 2 rings (SSSR count). The van der Waals surface area contributed by atoms with Gasteiger partial charge in [-0.25, -0.2) is 8.42 Å². The minimum Gasteiger partial charge on any atom is -0.744 e. The van der Waals surface area contributed by atoms with Crippen LogP contribution in [0.1, 0.15) is 10.4 Å². The second-order valence-corrected chi connectivity index (χ2v) is 4.27. The second-order valence-electron chi connectivity index (χ2n) is 2.92. The average Bonchev–Trinajstić information content (AvgIpc) is 2.61.